The van der Waals surface area contributed by atoms with Gasteiger partial charge < -0.3 is 10.2 Å². The van der Waals surface area contributed by atoms with Crippen molar-refractivity contribution in [2.24, 2.45) is 0 Å². The van der Waals surface area contributed by atoms with Gasteiger partial charge in [0.25, 0.3) is 0 Å². The van der Waals surface area contributed by atoms with Gasteiger partial charge in [-0.2, -0.15) is 0 Å². The third kappa shape index (κ3) is 2.75. The second kappa shape index (κ2) is 5.01. The molecule has 1 aliphatic heterocycles. The van der Waals surface area contributed by atoms with Crippen molar-refractivity contribution in [1.82, 2.24) is 0 Å². The van der Waals surface area contributed by atoms with Crippen LogP contribution in [0.1, 0.15) is 26.2 Å². The quantitative estimate of drug-likeness (QED) is 0.827. The van der Waals surface area contributed by atoms with E-state index in [0.29, 0.717) is 0 Å². The van der Waals surface area contributed by atoms with Crippen LogP contribution in [0, 0.1) is 0 Å². The Hall–Kier alpha value is -1.51. The number of hydrogen-bond acceptors (Lipinski definition) is 2. The molecule has 0 bridgehead atoms. The van der Waals surface area contributed by atoms with E-state index in [-0.39, 0.29) is 5.91 Å². The molecule has 1 saturated heterocycles. The molecule has 0 aromatic heterocycles. The number of piperidine rings is 1. The van der Waals surface area contributed by atoms with E-state index in [1.54, 1.807) is 0 Å². The minimum Gasteiger partial charge on any atom is -0.371 e. The van der Waals surface area contributed by atoms with Crippen LogP contribution in [0.15, 0.2) is 24.3 Å². The van der Waals surface area contributed by atoms with E-state index in [4.69, 9.17) is 0 Å². The molecule has 2 rings (SSSR count). The average molecular weight is 218 g/mol. The highest BCUT2D eigenvalue weighted by atomic mass is 16.1. The largest absolute Gasteiger partial charge is 0.371 e. The third-order valence-corrected chi connectivity index (χ3v) is 2.89. The molecular formula is C13H18N2O. The molecule has 0 unspecified atom stereocenters. The number of benzene rings is 1. The van der Waals surface area contributed by atoms with Crippen molar-refractivity contribution in [3.05, 3.63) is 24.3 Å². The Balaban J connectivity index is 2.11. The Labute approximate surface area is 96.5 Å². The Bertz CT molecular complexity index is 370. The van der Waals surface area contributed by atoms with Gasteiger partial charge in [-0.1, -0.05) is 6.07 Å². The van der Waals surface area contributed by atoms with Crippen LogP contribution in [0.2, 0.25) is 0 Å². The monoisotopic (exact) mass is 218 g/mol. The van der Waals surface area contributed by atoms with Crippen molar-refractivity contribution < 1.29 is 4.79 Å². The lowest BCUT2D eigenvalue weighted by Gasteiger charge is -2.29. The van der Waals surface area contributed by atoms with E-state index >= 15 is 0 Å². The summed E-state index contributed by atoms with van der Waals surface area (Å²) in [6.07, 6.45) is 3.87. The van der Waals surface area contributed by atoms with Crippen molar-refractivity contribution in [2.45, 2.75) is 26.2 Å². The van der Waals surface area contributed by atoms with Crippen molar-refractivity contribution >= 4 is 17.3 Å². The summed E-state index contributed by atoms with van der Waals surface area (Å²) >= 11 is 0. The number of nitrogens with zero attached hydrogens (tertiary/aromatic N) is 1. The lowest BCUT2D eigenvalue weighted by Crippen LogP contribution is -2.29. The van der Waals surface area contributed by atoms with Gasteiger partial charge in [-0.15, -0.1) is 0 Å². The van der Waals surface area contributed by atoms with E-state index in [1.807, 2.05) is 18.2 Å². The Morgan fingerprint density at radius 2 is 2.00 bits per heavy atom. The van der Waals surface area contributed by atoms with Crippen LogP contribution in [0.3, 0.4) is 0 Å². The van der Waals surface area contributed by atoms with Gasteiger partial charge in [0.1, 0.15) is 0 Å². The van der Waals surface area contributed by atoms with Crippen molar-refractivity contribution in [1.29, 1.82) is 0 Å². The number of carbonyl (C=O) groups is 1. The maximum absolute atomic E-state index is 11.0. The number of carbonyl (C=O) groups excluding carboxylic acids is 1. The van der Waals surface area contributed by atoms with Gasteiger partial charge in [0, 0.05) is 31.4 Å². The molecule has 1 amide bonds. The van der Waals surface area contributed by atoms with Crippen LogP contribution in [0.5, 0.6) is 0 Å². The zero-order valence-corrected chi connectivity index (χ0v) is 9.70. The van der Waals surface area contributed by atoms with Crippen LogP contribution in [0.4, 0.5) is 11.4 Å². The molecule has 1 N–H and O–H groups in total. The maximum Gasteiger partial charge on any atom is 0.221 e. The number of anilines is 2. The van der Waals surface area contributed by atoms with Gasteiger partial charge >= 0.3 is 0 Å². The zero-order valence-electron chi connectivity index (χ0n) is 9.70. The van der Waals surface area contributed by atoms with Gasteiger partial charge in [0.05, 0.1) is 0 Å². The minimum atomic E-state index is -0.0178. The standard InChI is InChI=1S/C13H18N2O/c1-11(16)14-12-6-5-7-13(10-12)15-8-3-2-4-9-15/h5-7,10H,2-4,8-9H2,1H3,(H,14,16). The first-order valence-electron chi connectivity index (χ1n) is 5.88. The second-order valence-corrected chi connectivity index (χ2v) is 4.28. The van der Waals surface area contributed by atoms with Crippen molar-refractivity contribution in [2.75, 3.05) is 23.3 Å². The smallest absolute Gasteiger partial charge is 0.221 e. The molecule has 1 aliphatic rings. The fraction of sp³-hybridized carbons (Fsp3) is 0.462. The van der Waals surface area contributed by atoms with Gasteiger partial charge in [-0.05, 0) is 37.5 Å². The highest BCUT2D eigenvalue weighted by Crippen LogP contribution is 2.22. The van der Waals surface area contributed by atoms with E-state index < -0.39 is 0 Å². The molecule has 0 atom stereocenters. The highest BCUT2D eigenvalue weighted by Gasteiger charge is 2.10. The normalized spacial score (nSPS) is 15.9. The molecule has 1 heterocycles. The lowest BCUT2D eigenvalue weighted by atomic mass is 10.1. The van der Waals surface area contributed by atoms with Crippen LogP contribution >= 0.6 is 0 Å². The molecule has 0 radical (unpaired) electrons. The first-order valence-corrected chi connectivity index (χ1v) is 5.88. The molecule has 1 fully saturated rings. The SMILES string of the molecule is CC(=O)Nc1cccc(N2CCCCC2)c1. The summed E-state index contributed by atoms with van der Waals surface area (Å²) in [6, 6.07) is 8.08. The van der Waals surface area contributed by atoms with Gasteiger partial charge in [-0.3, -0.25) is 4.79 Å². The predicted molar refractivity (Wildman–Crippen MR) is 66.8 cm³/mol. The number of amides is 1. The van der Waals surface area contributed by atoms with Crippen LogP contribution in [-0.2, 0) is 4.79 Å². The highest BCUT2D eigenvalue weighted by molar-refractivity contribution is 5.89. The molecule has 0 saturated carbocycles. The molecule has 16 heavy (non-hydrogen) atoms. The molecular weight excluding hydrogens is 200 g/mol. The van der Waals surface area contributed by atoms with E-state index in [9.17, 15) is 4.79 Å². The van der Waals surface area contributed by atoms with Gasteiger partial charge in [0.2, 0.25) is 5.91 Å². The molecule has 3 heteroatoms. The summed E-state index contributed by atoms with van der Waals surface area (Å²) in [7, 11) is 0. The fourth-order valence-electron chi connectivity index (χ4n) is 2.14. The summed E-state index contributed by atoms with van der Waals surface area (Å²) < 4.78 is 0. The molecule has 3 nitrogen and oxygen atoms in total. The van der Waals surface area contributed by atoms with E-state index in [0.717, 1.165) is 18.8 Å². The van der Waals surface area contributed by atoms with Crippen LogP contribution in [0.25, 0.3) is 0 Å². The van der Waals surface area contributed by atoms with E-state index in [1.165, 1.54) is 31.9 Å². The van der Waals surface area contributed by atoms with Crippen LogP contribution in [-0.4, -0.2) is 19.0 Å². The minimum absolute atomic E-state index is 0.0178. The first-order chi connectivity index (χ1) is 7.75. The molecule has 1 aromatic carbocycles. The zero-order chi connectivity index (χ0) is 11.4. The molecule has 1 aromatic rings. The predicted octanol–water partition coefficient (Wildman–Crippen LogP) is 2.64. The number of hydrogen-bond donors (Lipinski definition) is 1. The summed E-state index contributed by atoms with van der Waals surface area (Å²) in [5.74, 6) is -0.0178. The third-order valence-electron chi connectivity index (χ3n) is 2.89. The number of rotatable bonds is 2. The maximum atomic E-state index is 11.0. The first kappa shape index (κ1) is 11.0. The Kier molecular flexibility index (Phi) is 3.44. The van der Waals surface area contributed by atoms with Gasteiger partial charge in [-0.25, -0.2) is 0 Å². The van der Waals surface area contributed by atoms with Crippen LogP contribution < -0.4 is 10.2 Å². The summed E-state index contributed by atoms with van der Waals surface area (Å²) in [5.41, 5.74) is 2.10. The number of nitrogens with one attached hydrogen (secondary N) is 1. The summed E-state index contributed by atoms with van der Waals surface area (Å²) in [4.78, 5) is 13.4. The van der Waals surface area contributed by atoms with Gasteiger partial charge in [0.15, 0.2) is 0 Å². The Morgan fingerprint density at radius 1 is 1.25 bits per heavy atom. The van der Waals surface area contributed by atoms with Crippen molar-refractivity contribution in [3.8, 4) is 0 Å². The average Bonchev–Trinajstić information content (AvgIpc) is 2.30. The Morgan fingerprint density at radius 3 is 2.69 bits per heavy atom. The summed E-state index contributed by atoms with van der Waals surface area (Å²) in [5, 5.41) is 2.82. The molecule has 0 spiro atoms. The lowest BCUT2D eigenvalue weighted by molar-refractivity contribution is -0.114. The summed E-state index contributed by atoms with van der Waals surface area (Å²) in [6.45, 7) is 3.79. The topological polar surface area (TPSA) is 32.3 Å². The second-order valence-electron chi connectivity index (χ2n) is 4.28. The molecule has 0 aliphatic carbocycles. The van der Waals surface area contributed by atoms with Crippen molar-refractivity contribution in [3.63, 3.8) is 0 Å². The fourth-order valence-corrected chi connectivity index (χ4v) is 2.14. The molecule has 86 valence electrons. The van der Waals surface area contributed by atoms with E-state index in [2.05, 4.69) is 16.3 Å².